The molecule has 2 N–H and O–H groups in total. The van der Waals surface area contributed by atoms with Crippen LogP contribution in [0.15, 0.2) is 66.7 Å². The number of rotatable bonds is 6. The van der Waals surface area contributed by atoms with E-state index in [9.17, 15) is 9.59 Å². The van der Waals surface area contributed by atoms with Gasteiger partial charge in [-0.15, -0.1) is 0 Å². The highest BCUT2D eigenvalue weighted by molar-refractivity contribution is 7.82. The van der Waals surface area contributed by atoms with Gasteiger partial charge in [0.15, 0.2) is 5.75 Å². The number of nitrogens with one attached hydrogen (secondary N) is 2. The molecular formula is C22H19Cl2N3O3S. The van der Waals surface area contributed by atoms with E-state index in [-0.39, 0.29) is 16.0 Å². The number of amides is 3. The molecule has 31 heavy (non-hydrogen) atoms. The van der Waals surface area contributed by atoms with Gasteiger partial charge >= 0.3 is 6.03 Å². The maximum absolute atomic E-state index is 12.5. The zero-order valence-electron chi connectivity index (χ0n) is 16.4. The Morgan fingerprint density at radius 1 is 0.935 bits per heavy atom. The van der Waals surface area contributed by atoms with E-state index < -0.39 is 6.03 Å². The summed E-state index contributed by atoms with van der Waals surface area (Å²) in [5.41, 5.74) is 2.49. The number of carbonyl (C=O) groups is 2. The van der Waals surface area contributed by atoms with Gasteiger partial charge in [-0.2, -0.15) is 0 Å². The third-order valence-corrected chi connectivity index (χ3v) is 5.07. The minimum atomic E-state index is -0.513. The van der Waals surface area contributed by atoms with E-state index in [0.29, 0.717) is 29.4 Å². The molecular weight excluding hydrogens is 457 g/mol. The Kier molecular flexibility index (Phi) is 7.68. The predicted molar refractivity (Wildman–Crippen MR) is 128 cm³/mol. The van der Waals surface area contributed by atoms with Crippen LogP contribution in [0.1, 0.15) is 12.5 Å². The maximum Gasteiger partial charge on any atom is 0.336 e. The Bertz CT molecular complexity index is 1060. The first-order valence-electron chi connectivity index (χ1n) is 9.17. The van der Waals surface area contributed by atoms with Crippen LogP contribution >= 0.6 is 36.0 Å². The Labute approximate surface area is 195 Å². The summed E-state index contributed by atoms with van der Waals surface area (Å²) < 4.78 is 6.86. The average Bonchev–Trinajstić information content (AvgIpc) is 2.73. The van der Waals surface area contributed by atoms with Gasteiger partial charge in [0.25, 0.3) is 0 Å². The van der Waals surface area contributed by atoms with Gasteiger partial charge in [0.2, 0.25) is 5.91 Å². The number of ether oxygens (including phenoxy) is 1. The summed E-state index contributed by atoms with van der Waals surface area (Å²) in [6.45, 7) is 1.73. The van der Waals surface area contributed by atoms with E-state index in [1.54, 1.807) is 36.4 Å². The topological polar surface area (TPSA) is 70.7 Å². The first-order chi connectivity index (χ1) is 14.8. The molecule has 6 nitrogen and oxygen atoms in total. The number of halogens is 2. The fourth-order valence-electron chi connectivity index (χ4n) is 2.68. The molecule has 0 aliphatic carbocycles. The lowest BCUT2D eigenvalue weighted by Gasteiger charge is -2.18. The second kappa shape index (κ2) is 10.4. The highest BCUT2D eigenvalue weighted by Gasteiger charge is 2.16. The molecule has 0 radical (unpaired) electrons. The summed E-state index contributed by atoms with van der Waals surface area (Å²) >= 11 is 16.9. The van der Waals surface area contributed by atoms with Gasteiger partial charge in [-0.05, 0) is 42.0 Å². The third-order valence-electron chi connectivity index (χ3n) is 4.10. The van der Waals surface area contributed by atoms with E-state index in [4.69, 9.17) is 27.9 Å². The minimum Gasteiger partial charge on any atom is -0.486 e. The van der Waals surface area contributed by atoms with Gasteiger partial charge in [-0.25, -0.2) is 9.10 Å². The average molecular weight is 476 g/mol. The molecule has 0 aromatic heterocycles. The lowest BCUT2D eigenvalue weighted by atomic mass is 10.2. The molecule has 160 valence electrons. The van der Waals surface area contributed by atoms with Gasteiger partial charge in [0, 0.05) is 18.3 Å². The molecule has 3 rings (SSSR count). The SMILES string of the molecule is CC(=O)Nc1ccc(N(S)C(=O)Nc2cc(Cl)c(OCc3ccccc3)c(Cl)c2)cc1. The van der Waals surface area contributed by atoms with E-state index in [1.807, 2.05) is 30.3 Å². The maximum atomic E-state index is 12.5. The molecule has 0 saturated carbocycles. The zero-order chi connectivity index (χ0) is 22.4. The molecule has 3 aromatic rings. The second-order valence-electron chi connectivity index (χ2n) is 6.51. The molecule has 0 aliphatic heterocycles. The molecule has 0 atom stereocenters. The quantitative estimate of drug-likeness (QED) is 0.360. The smallest absolute Gasteiger partial charge is 0.336 e. The zero-order valence-corrected chi connectivity index (χ0v) is 18.8. The highest BCUT2D eigenvalue weighted by atomic mass is 35.5. The second-order valence-corrected chi connectivity index (χ2v) is 7.73. The molecule has 9 heteroatoms. The summed E-state index contributed by atoms with van der Waals surface area (Å²) in [6.07, 6.45) is 0. The lowest BCUT2D eigenvalue weighted by molar-refractivity contribution is -0.114. The number of anilines is 3. The molecule has 0 fully saturated rings. The van der Waals surface area contributed by atoms with Crippen LogP contribution in [0.4, 0.5) is 21.9 Å². The van der Waals surface area contributed by atoms with Gasteiger partial charge in [-0.1, -0.05) is 66.3 Å². The molecule has 0 spiro atoms. The molecule has 0 aliphatic rings. The van der Waals surface area contributed by atoms with Crippen molar-refractivity contribution in [2.75, 3.05) is 14.9 Å². The Morgan fingerprint density at radius 2 is 1.55 bits per heavy atom. The van der Waals surface area contributed by atoms with Crippen LogP contribution in [-0.4, -0.2) is 11.9 Å². The van der Waals surface area contributed by atoms with Crippen molar-refractivity contribution in [1.29, 1.82) is 0 Å². The number of hydrogen-bond acceptors (Lipinski definition) is 4. The largest absolute Gasteiger partial charge is 0.486 e. The summed E-state index contributed by atoms with van der Waals surface area (Å²) in [7, 11) is 0. The number of carbonyl (C=O) groups excluding carboxylic acids is 2. The molecule has 0 heterocycles. The van der Waals surface area contributed by atoms with Crippen LogP contribution in [0, 0.1) is 0 Å². The number of hydrogen-bond donors (Lipinski definition) is 3. The van der Waals surface area contributed by atoms with Gasteiger partial charge in [0.1, 0.15) is 6.61 Å². The van der Waals surface area contributed by atoms with Gasteiger partial charge in [-0.3, -0.25) is 4.79 Å². The summed E-state index contributed by atoms with van der Waals surface area (Å²) in [6, 6.07) is 18.8. The summed E-state index contributed by atoms with van der Waals surface area (Å²) in [5.74, 6) is 0.152. The van der Waals surface area contributed by atoms with E-state index in [1.165, 1.54) is 6.92 Å². The third kappa shape index (κ3) is 6.30. The summed E-state index contributed by atoms with van der Waals surface area (Å²) in [4.78, 5) is 23.6. The van der Waals surface area contributed by atoms with Crippen molar-refractivity contribution in [2.45, 2.75) is 13.5 Å². The lowest BCUT2D eigenvalue weighted by Crippen LogP contribution is -2.26. The van der Waals surface area contributed by atoms with Crippen molar-refractivity contribution >= 4 is 65.0 Å². The number of thiol groups is 1. The fourth-order valence-corrected chi connectivity index (χ4v) is 3.46. The Hall–Kier alpha value is -2.87. The Morgan fingerprint density at radius 3 is 2.13 bits per heavy atom. The summed E-state index contributed by atoms with van der Waals surface area (Å²) in [5, 5.41) is 5.88. The molecule has 0 unspecified atom stereocenters. The van der Waals surface area contributed by atoms with Crippen molar-refractivity contribution in [1.82, 2.24) is 0 Å². The van der Waals surface area contributed by atoms with E-state index in [2.05, 4.69) is 23.4 Å². The molecule has 3 aromatic carbocycles. The van der Waals surface area contributed by atoms with Gasteiger partial charge < -0.3 is 15.4 Å². The van der Waals surface area contributed by atoms with E-state index >= 15 is 0 Å². The predicted octanol–water partition coefficient (Wildman–Crippen LogP) is 6.41. The van der Waals surface area contributed by atoms with Crippen molar-refractivity contribution in [2.24, 2.45) is 0 Å². The van der Waals surface area contributed by atoms with Crippen molar-refractivity contribution in [3.63, 3.8) is 0 Å². The van der Waals surface area contributed by atoms with Gasteiger partial charge in [0.05, 0.1) is 15.7 Å². The number of benzene rings is 3. The monoisotopic (exact) mass is 475 g/mol. The first-order valence-corrected chi connectivity index (χ1v) is 10.3. The van der Waals surface area contributed by atoms with E-state index in [0.717, 1.165) is 9.87 Å². The highest BCUT2D eigenvalue weighted by Crippen LogP contribution is 2.36. The van der Waals surface area contributed by atoms with Crippen LogP contribution in [0.3, 0.4) is 0 Å². The van der Waals surface area contributed by atoms with Crippen molar-refractivity contribution in [3.8, 4) is 5.75 Å². The standard InChI is InChI=1S/C22H19Cl2N3O3S/c1-14(28)25-16-7-9-18(10-8-16)27(31)22(29)26-17-11-19(23)21(20(24)12-17)30-13-15-5-3-2-4-6-15/h2-12,31H,13H2,1H3,(H,25,28)(H,26,29). The van der Waals surface area contributed by atoms with Crippen LogP contribution in [0.5, 0.6) is 5.75 Å². The Balaban J connectivity index is 1.66. The van der Waals surface area contributed by atoms with Crippen LogP contribution in [0.25, 0.3) is 0 Å². The molecule has 3 amide bonds. The van der Waals surface area contributed by atoms with Crippen LogP contribution in [0.2, 0.25) is 10.0 Å². The molecule has 0 saturated heterocycles. The normalized spacial score (nSPS) is 10.3. The number of nitrogens with zero attached hydrogens (tertiary/aromatic N) is 1. The van der Waals surface area contributed by atoms with Crippen molar-refractivity contribution < 1.29 is 14.3 Å². The van der Waals surface area contributed by atoms with Crippen molar-refractivity contribution in [3.05, 3.63) is 82.3 Å². The van der Waals surface area contributed by atoms with Crippen LogP contribution < -0.4 is 19.7 Å². The van der Waals surface area contributed by atoms with Crippen LogP contribution in [-0.2, 0) is 11.4 Å². The first kappa shape index (κ1) is 22.8. The number of urea groups is 1. The fraction of sp³-hybridized carbons (Fsp3) is 0.0909. The molecule has 0 bridgehead atoms. The minimum absolute atomic E-state index is 0.182.